The van der Waals surface area contributed by atoms with Gasteiger partial charge in [0.2, 0.25) is 5.91 Å². The molecular weight excluding hydrogens is 319 g/mol. The Kier molecular flexibility index (Phi) is 4.83. The van der Waals surface area contributed by atoms with Gasteiger partial charge >= 0.3 is 0 Å². The van der Waals surface area contributed by atoms with Crippen LogP contribution in [0.5, 0.6) is 0 Å². The number of amides is 2. The zero-order valence-electron chi connectivity index (χ0n) is 14.4. The monoisotopic (exact) mass is 340 g/mol. The molecule has 2 amide bonds. The van der Waals surface area contributed by atoms with Crippen molar-refractivity contribution in [3.8, 4) is 0 Å². The lowest BCUT2D eigenvalue weighted by atomic mass is 10.1. The number of hydrogen-bond acceptors (Lipinski definition) is 2. The van der Waals surface area contributed by atoms with Crippen molar-refractivity contribution in [3.05, 3.63) is 65.0 Å². The highest BCUT2D eigenvalue weighted by Crippen LogP contribution is 2.25. The van der Waals surface area contributed by atoms with E-state index < -0.39 is 0 Å². The summed E-state index contributed by atoms with van der Waals surface area (Å²) in [4.78, 5) is 26.1. The van der Waals surface area contributed by atoms with E-state index in [1.54, 1.807) is 17.0 Å². The quantitative estimate of drug-likeness (QED) is 0.929. The highest BCUT2D eigenvalue weighted by atomic mass is 19.1. The number of carbonyl (C=O) groups is 2. The number of anilines is 1. The van der Waals surface area contributed by atoms with Crippen molar-refractivity contribution < 1.29 is 14.0 Å². The van der Waals surface area contributed by atoms with Crippen molar-refractivity contribution in [1.29, 1.82) is 0 Å². The van der Waals surface area contributed by atoms with Crippen molar-refractivity contribution in [2.45, 2.75) is 20.3 Å². The van der Waals surface area contributed by atoms with Gasteiger partial charge in [-0.3, -0.25) is 9.59 Å². The molecule has 0 spiro atoms. The molecule has 130 valence electrons. The molecule has 1 heterocycles. The summed E-state index contributed by atoms with van der Waals surface area (Å²) in [5.74, 6) is -0.409. The Hall–Kier alpha value is -2.69. The van der Waals surface area contributed by atoms with Crippen molar-refractivity contribution in [2.75, 3.05) is 18.0 Å². The third-order valence-corrected chi connectivity index (χ3v) is 4.66. The molecule has 5 heteroatoms. The van der Waals surface area contributed by atoms with E-state index in [9.17, 15) is 14.0 Å². The van der Waals surface area contributed by atoms with Crippen molar-refractivity contribution in [2.24, 2.45) is 5.92 Å². The summed E-state index contributed by atoms with van der Waals surface area (Å²) in [6, 6.07) is 11.5. The molecule has 1 fully saturated rings. The van der Waals surface area contributed by atoms with Crippen LogP contribution < -0.4 is 10.2 Å². The number of hydrogen-bond donors (Lipinski definition) is 1. The molecule has 1 atom stereocenters. The van der Waals surface area contributed by atoms with Gasteiger partial charge in [0.25, 0.3) is 5.91 Å². The topological polar surface area (TPSA) is 49.4 Å². The summed E-state index contributed by atoms with van der Waals surface area (Å²) >= 11 is 0. The van der Waals surface area contributed by atoms with Gasteiger partial charge in [-0.15, -0.1) is 0 Å². The smallest absolute Gasteiger partial charge is 0.251 e. The first-order chi connectivity index (χ1) is 11.9. The van der Waals surface area contributed by atoms with E-state index >= 15 is 0 Å². The van der Waals surface area contributed by atoms with E-state index in [0.717, 1.165) is 11.1 Å². The minimum Gasteiger partial charge on any atom is -0.352 e. The standard InChI is InChI=1S/C20H21FN2O2/c1-13-3-4-16(9-14(13)2)20(25)22-11-15-10-19(24)23(12-15)18-7-5-17(21)6-8-18/h3-9,15H,10-12H2,1-2H3,(H,22,25). The minimum atomic E-state index is -0.326. The Labute approximate surface area is 146 Å². The lowest BCUT2D eigenvalue weighted by Crippen LogP contribution is -2.31. The molecule has 2 aromatic rings. The first-order valence-electron chi connectivity index (χ1n) is 8.35. The average molecular weight is 340 g/mol. The number of nitrogens with one attached hydrogen (secondary N) is 1. The molecule has 1 aliphatic rings. The molecule has 0 aromatic heterocycles. The van der Waals surface area contributed by atoms with Crippen molar-refractivity contribution in [3.63, 3.8) is 0 Å². The van der Waals surface area contributed by atoms with E-state index in [4.69, 9.17) is 0 Å². The minimum absolute atomic E-state index is 0.00274. The maximum absolute atomic E-state index is 13.0. The molecule has 0 aliphatic carbocycles. The zero-order chi connectivity index (χ0) is 18.0. The fourth-order valence-corrected chi connectivity index (χ4v) is 3.01. The van der Waals surface area contributed by atoms with Crippen LogP contribution in [-0.2, 0) is 4.79 Å². The van der Waals surface area contributed by atoms with Gasteiger partial charge in [0.1, 0.15) is 5.82 Å². The molecule has 1 aliphatic heterocycles. The fourth-order valence-electron chi connectivity index (χ4n) is 3.01. The normalized spacial score (nSPS) is 17.0. The molecule has 1 saturated heterocycles. The van der Waals surface area contributed by atoms with E-state index in [1.165, 1.54) is 12.1 Å². The number of halogens is 1. The van der Waals surface area contributed by atoms with Gasteiger partial charge in [0.15, 0.2) is 0 Å². The molecule has 2 aromatic carbocycles. The summed E-state index contributed by atoms with van der Waals surface area (Å²) in [5, 5.41) is 2.91. The molecule has 0 bridgehead atoms. The van der Waals surface area contributed by atoms with Crippen LogP contribution in [0.3, 0.4) is 0 Å². The van der Waals surface area contributed by atoms with Crippen LogP contribution >= 0.6 is 0 Å². The molecule has 4 nitrogen and oxygen atoms in total. The molecule has 3 rings (SSSR count). The highest BCUT2D eigenvalue weighted by molar-refractivity contribution is 5.96. The SMILES string of the molecule is Cc1ccc(C(=O)NCC2CC(=O)N(c3ccc(F)cc3)C2)cc1C. The number of aryl methyl sites for hydroxylation is 2. The summed E-state index contributed by atoms with van der Waals surface area (Å²) in [6.45, 7) is 4.94. The molecule has 0 radical (unpaired) electrons. The summed E-state index contributed by atoms with van der Waals surface area (Å²) in [5.41, 5.74) is 3.54. The lowest BCUT2D eigenvalue weighted by Gasteiger charge is -2.17. The van der Waals surface area contributed by atoms with E-state index in [1.807, 2.05) is 32.0 Å². The second-order valence-corrected chi connectivity index (χ2v) is 6.56. The predicted molar refractivity (Wildman–Crippen MR) is 95.1 cm³/mol. The van der Waals surface area contributed by atoms with Gasteiger partial charge in [0.05, 0.1) is 0 Å². The van der Waals surface area contributed by atoms with Gasteiger partial charge < -0.3 is 10.2 Å². The molecule has 25 heavy (non-hydrogen) atoms. The van der Waals surface area contributed by atoms with Crippen molar-refractivity contribution in [1.82, 2.24) is 5.32 Å². The van der Waals surface area contributed by atoms with Crippen molar-refractivity contribution >= 4 is 17.5 Å². The third kappa shape index (κ3) is 3.87. The first kappa shape index (κ1) is 17.1. The third-order valence-electron chi connectivity index (χ3n) is 4.66. The Morgan fingerprint density at radius 3 is 2.56 bits per heavy atom. The Balaban J connectivity index is 1.59. The number of carbonyl (C=O) groups excluding carboxylic acids is 2. The summed E-state index contributed by atoms with van der Waals surface area (Å²) in [7, 11) is 0. The van der Waals surface area contributed by atoms with Gasteiger partial charge in [0, 0.05) is 36.7 Å². The zero-order valence-corrected chi connectivity index (χ0v) is 14.4. The van der Waals surface area contributed by atoms with Crippen LogP contribution in [-0.4, -0.2) is 24.9 Å². The van der Waals surface area contributed by atoms with Crippen LogP contribution in [0.25, 0.3) is 0 Å². The second-order valence-electron chi connectivity index (χ2n) is 6.56. The van der Waals surface area contributed by atoms with E-state index in [0.29, 0.717) is 30.8 Å². The molecule has 1 unspecified atom stereocenters. The van der Waals surface area contributed by atoms with Crippen LogP contribution in [0.1, 0.15) is 27.9 Å². The molecule has 0 saturated carbocycles. The molecular formula is C20H21FN2O2. The van der Waals surface area contributed by atoms with Gasteiger partial charge in [-0.05, 0) is 61.4 Å². The van der Waals surface area contributed by atoms with Crippen LogP contribution in [0.15, 0.2) is 42.5 Å². The van der Waals surface area contributed by atoms with Crippen LogP contribution in [0, 0.1) is 25.6 Å². The number of rotatable bonds is 4. The maximum Gasteiger partial charge on any atom is 0.251 e. The van der Waals surface area contributed by atoms with Gasteiger partial charge in [-0.25, -0.2) is 4.39 Å². The first-order valence-corrected chi connectivity index (χ1v) is 8.35. The average Bonchev–Trinajstić information content (AvgIpc) is 2.96. The number of nitrogens with zero attached hydrogens (tertiary/aromatic N) is 1. The van der Waals surface area contributed by atoms with Gasteiger partial charge in [-0.1, -0.05) is 6.07 Å². The Bertz CT molecular complexity index is 802. The lowest BCUT2D eigenvalue weighted by molar-refractivity contribution is -0.117. The fraction of sp³-hybridized carbons (Fsp3) is 0.300. The Morgan fingerprint density at radius 2 is 1.88 bits per heavy atom. The number of benzene rings is 2. The predicted octanol–water partition coefficient (Wildman–Crippen LogP) is 3.23. The summed E-state index contributed by atoms with van der Waals surface area (Å²) in [6.07, 6.45) is 0.380. The van der Waals surface area contributed by atoms with E-state index in [-0.39, 0.29) is 23.5 Å². The van der Waals surface area contributed by atoms with E-state index in [2.05, 4.69) is 5.32 Å². The summed E-state index contributed by atoms with van der Waals surface area (Å²) < 4.78 is 13.0. The maximum atomic E-state index is 13.0. The second kappa shape index (κ2) is 7.05. The largest absolute Gasteiger partial charge is 0.352 e. The highest BCUT2D eigenvalue weighted by Gasteiger charge is 2.30. The van der Waals surface area contributed by atoms with Crippen LogP contribution in [0.2, 0.25) is 0 Å². The Morgan fingerprint density at radius 1 is 1.16 bits per heavy atom. The van der Waals surface area contributed by atoms with Gasteiger partial charge in [-0.2, -0.15) is 0 Å². The van der Waals surface area contributed by atoms with Crippen LogP contribution in [0.4, 0.5) is 10.1 Å². The molecule has 1 N–H and O–H groups in total.